The molecule has 0 radical (unpaired) electrons. The van der Waals surface area contributed by atoms with Crippen molar-refractivity contribution in [2.24, 2.45) is 15.4 Å². The molecular formula is H6AuN3O9S3. The van der Waals surface area contributed by atoms with Gasteiger partial charge in [-0.1, -0.05) is 0 Å². The Morgan fingerprint density at radius 2 is 0.562 bits per heavy atom. The molecule has 0 heterocycles. The van der Waals surface area contributed by atoms with Crippen LogP contribution in [0, 0.1) is 0 Å². The van der Waals surface area contributed by atoms with Gasteiger partial charge < -0.3 is 13.7 Å². The van der Waals surface area contributed by atoms with Gasteiger partial charge in [-0.3, -0.25) is 0 Å². The Kier molecular flexibility index (Phi) is 14.8. The van der Waals surface area contributed by atoms with Crippen LogP contribution in [0.3, 0.4) is 0 Å². The molecule has 0 aromatic heterocycles. The zero-order valence-electron chi connectivity index (χ0n) is 6.93. The van der Waals surface area contributed by atoms with E-state index in [4.69, 9.17) is 38.9 Å². The Morgan fingerprint density at radius 1 is 0.562 bits per heavy atom. The zero-order chi connectivity index (χ0) is 13.5. The summed E-state index contributed by atoms with van der Waals surface area (Å²) >= 11 is 0. The van der Waals surface area contributed by atoms with E-state index in [0.29, 0.717) is 0 Å². The topological polar surface area (TPSA) is 250 Å². The van der Waals surface area contributed by atoms with Crippen LogP contribution in [-0.4, -0.2) is 38.9 Å². The van der Waals surface area contributed by atoms with Crippen molar-refractivity contribution in [2.45, 2.75) is 0 Å². The molecule has 0 fully saturated rings. The monoisotopic (exact) mass is 485 g/mol. The summed E-state index contributed by atoms with van der Waals surface area (Å²) in [5, 5.41) is 11.3. The van der Waals surface area contributed by atoms with Gasteiger partial charge >= 0.3 is 22.4 Å². The van der Waals surface area contributed by atoms with Crippen LogP contribution >= 0.6 is 0 Å². The van der Waals surface area contributed by atoms with Crippen molar-refractivity contribution in [2.75, 3.05) is 0 Å². The summed E-state index contributed by atoms with van der Waals surface area (Å²) in [7, 11) is -13.2. The van der Waals surface area contributed by atoms with E-state index in [1.54, 1.807) is 0 Å². The standard InChI is InChI=1S/Au.3H3NO3S/c;3*1-5(2,3)4/h;3*(H3,1,2,3,4)/q+3;;;/p-3. The summed E-state index contributed by atoms with van der Waals surface area (Å²) in [6.07, 6.45) is 0. The Hall–Kier alpha value is 0.350. The third kappa shape index (κ3) is 20800. The molecule has 0 atom stereocenters. The quantitative estimate of drug-likeness (QED) is 0.220. The third-order valence-electron chi connectivity index (χ3n) is 0. The molecule has 0 bridgehead atoms. The number of rotatable bonds is 0. The van der Waals surface area contributed by atoms with Gasteiger partial charge in [0.1, 0.15) is 0 Å². The molecule has 6 N–H and O–H groups in total. The van der Waals surface area contributed by atoms with Gasteiger partial charge in [0.15, 0.2) is 30.9 Å². The van der Waals surface area contributed by atoms with Crippen LogP contribution < -0.4 is 15.4 Å². The molecule has 16 heteroatoms. The van der Waals surface area contributed by atoms with Gasteiger partial charge in [-0.2, -0.15) is 0 Å². The first-order chi connectivity index (χ1) is 6.00. The fraction of sp³-hybridized carbons (Fsp3) is 0. The predicted octanol–water partition coefficient (Wildman–Crippen LogP) is -4.79. The van der Waals surface area contributed by atoms with Crippen LogP contribution in [0.1, 0.15) is 0 Å². The fourth-order valence-corrected chi connectivity index (χ4v) is 0. The van der Waals surface area contributed by atoms with Gasteiger partial charge in [-0.25, -0.2) is 40.7 Å². The van der Waals surface area contributed by atoms with Crippen LogP contribution in [0.2, 0.25) is 0 Å². The second-order valence-electron chi connectivity index (χ2n) is 1.48. The van der Waals surface area contributed by atoms with Gasteiger partial charge in [-0.15, -0.1) is 0 Å². The Labute approximate surface area is 107 Å². The van der Waals surface area contributed by atoms with Crippen molar-refractivity contribution in [3.8, 4) is 0 Å². The van der Waals surface area contributed by atoms with Crippen molar-refractivity contribution in [1.29, 1.82) is 0 Å². The molecule has 0 spiro atoms. The molecule has 0 aliphatic heterocycles. The second kappa shape index (κ2) is 9.39. The minimum atomic E-state index is -4.42. The molecule has 0 saturated heterocycles. The van der Waals surface area contributed by atoms with Crippen LogP contribution in [0.15, 0.2) is 0 Å². The molecule has 0 rings (SSSR count). The summed E-state index contributed by atoms with van der Waals surface area (Å²) < 4.78 is 79.7. The molecular weight excluding hydrogens is 479 g/mol. The average Bonchev–Trinajstić information content (AvgIpc) is 1.41. The number of nitrogens with two attached hydrogens (primary N) is 3. The molecule has 0 aliphatic carbocycles. The van der Waals surface area contributed by atoms with E-state index in [1.807, 2.05) is 0 Å². The maximum absolute atomic E-state index is 8.85. The van der Waals surface area contributed by atoms with E-state index in [1.165, 1.54) is 0 Å². The maximum Gasteiger partial charge on any atom is 3.00 e. The Bertz CT molecular complexity index is 347. The fourth-order valence-electron chi connectivity index (χ4n) is 0. The molecule has 0 unspecified atom stereocenters. The maximum atomic E-state index is 8.85. The molecule has 0 amide bonds. The van der Waals surface area contributed by atoms with Crippen LogP contribution in [0.25, 0.3) is 0 Å². The van der Waals surface area contributed by atoms with Crippen molar-refractivity contribution in [3.05, 3.63) is 0 Å². The van der Waals surface area contributed by atoms with Gasteiger partial charge in [0.05, 0.1) is 0 Å². The molecule has 0 saturated carbocycles. The smallest absolute Gasteiger partial charge is 0.736 e. The number of hydrogen-bond acceptors (Lipinski definition) is 9. The van der Waals surface area contributed by atoms with Crippen LogP contribution in [0.4, 0.5) is 0 Å². The summed E-state index contributed by atoms with van der Waals surface area (Å²) in [6, 6.07) is 0. The van der Waals surface area contributed by atoms with Crippen molar-refractivity contribution in [1.82, 2.24) is 0 Å². The van der Waals surface area contributed by atoms with E-state index in [9.17, 15) is 0 Å². The van der Waals surface area contributed by atoms with E-state index in [-0.39, 0.29) is 22.4 Å². The normalized spacial score (nSPS) is 10.9. The molecule has 0 aromatic carbocycles. The Morgan fingerprint density at radius 3 is 0.562 bits per heavy atom. The SMILES string of the molecule is NS(=O)(=O)[O-].NS(=O)(=O)[O-].NS(=O)(=O)[O-].[Au+3]. The van der Waals surface area contributed by atoms with Crippen LogP contribution in [0.5, 0.6) is 0 Å². The van der Waals surface area contributed by atoms with Gasteiger partial charge in [0, 0.05) is 0 Å². The van der Waals surface area contributed by atoms with Crippen molar-refractivity contribution >= 4 is 30.9 Å². The van der Waals surface area contributed by atoms with Crippen LogP contribution in [-0.2, 0) is 53.3 Å². The predicted molar refractivity (Wildman–Crippen MR) is 41.7 cm³/mol. The Balaban J connectivity index is -0.0000000655. The zero-order valence-corrected chi connectivity index (χ0v) is 11.5. The average molecular weight is 485 g/mol. The minimum Gasteiger partial charge on any atom is -0.736 e. The van der Waals surface area contributed by atoms with Crippen molar-refractivity contribution < 1.29 is 61.3 Å². The largest absolute Gasteiger partial charge is 3.00 e. The van der Waals surface area contributed by atoms with E-state index < -0.39 is 30.9 Å². The molecule has 104 valence electrons. The van der Waals surface area contributed by atoms with Crippen molar-refractivity contribution in [3.63, 3.8) is 0 Å². The van der Waals surface area contributed by atoms with E-state index in [0.717, 1.165) is 0 Å². The minimum absolute atomic E-state index is 0. The summed E-state index contributed by atoms with van der Waals surface area (Å²) in [4.78, 5) is 0. The first-order valence-corrected chi connectivity index (χ1v) is 6.62. The molecule has 12 nitrogen and oxygen atoms in total. The van der Waals surface area contributed by atoms with Gasteiger partial charge in [0.2, 0.25) is 0 Å². The summed E-state index contributed by atoms with van der Waals surface area (Å²) in [6.45, 7) is 0. The van der Waals surface area contributed by atoms with Gasteiger partial charge in [0.25, 0.3) is 0 Å². The third-order valence-corrected chi connectivity index (χ3v) is 0. The molecule has 0 aliphatic rings. The molecule has 16 heavy (non-hydrogen) atoms. The molecule has 0 aromatic rings. The number of hydrogen-bond donors (Lipinski definition) is 3. The first-order valence-electron chi connectivity index (χ1n) is 2.21. The van der Waals surface area contributed by atoms with Gasteiger partial charge in [-0.05, 0) is 0 Å². The summed E-state index contributed by atoms with van der Waals surface area (Å²) in [5.41, 5.74) is 0. The second-order valence-corrected chi connectivity index (χ2v) is 4.44. The first kappa shape index (κ1) is 25.3. The summed E-state index contributed by atoms with van der Waals surface area (Å²) in [5.74, 6) is 0. The van der Waals surface area contributed by atoms with E-state index >= 15 is 0 Å². The van der Waals surface area contributed by atoms with E-state index in [2.05, 4.69) is 15.4 Å².